The molecule has 12 aromatic carbocycles. The quantitative estimate of drug-likeness (QED) is 0.148. The number of hydrogen-bond donors (Lipinski definition) is 0. The second-order valence-corrected chi connectivity index (χ2v) is 18.5. The Kier molecular flexibility index (Phi) is 9.53. The maximum Gasteiger partial charge on any atom is 0.0553 e. The number of benzene rings is 12. The average Bonchev–Trinajstić information content (AvgIpc) is 3.95. The molecular formula is C68H45N3. The normalized spacial score (nSPS) is 11.7. The van der Waals surface area contributed by atoms with Gasteiger partial charge >= 0.3 is 0 Å². The molecule has 0 saturated heterocycles. The van der Waals surface area contributed by atoms with E-state index in [9.17, 15) is 0 Å². The van der Waals surface area contributed by atoms with Crippen LogP contribution in [-0.2, 0) is 0 Å². The molecule has 14 aromatic rings. The Hall–Kier alpha value is -9.44. The van der Waals surface area contributed by atoms with Gasteiger partial charge in [-0.1, -0.05) is 176 Å². The molecule has 0 spiro atoms. The fourth-order valence-corrected chi connectivity index (χ4v) is 11.3. The summed E-state index contributed by atoms with van der Waals surface area (Å²) < 4.78 is 4.91. The van der Waals surface area contributed by atoms with Crippen LogP contribution in [0.5, 0.6) is 0 Å². The van der Waals surface area contributed by atoms with Crippen LogP contribution in [0.4, 0.5) is 17.1 Å². The number of aromatic nitrogens is 2. The highest BCUT2D eigenvalue weighted by Gasteiger charge is 2.22. The zero-order chi connectivity index (χ0) is 46.8. The van der Waals surface area contributed by atoms with Crippen LogP contribution >= 0.6 is 0 Å². The minimum Gasteiger partial charge on any atom is -0.311 e. The van der Waals surface area contributed by atoms with E-state index in [1.165, 1.54) is 82.0 Å². The molecular weight excluding hydrogens is 859 g/mol. The molecule has 3 nitrogen and oxygen atoms in total. The molecule has 0 aliphatic heterocycles. The molecule has 0 fully saturated rings. The zero-order valence-corrected chi connectivity index (χ0v) is 38.8. The summed E-state index contributed by atoms with van der Waals surface area (Å²) >= 11 is 0. The number of anilines is 3. The highest BCUT2D eigenvalue weighted by Crippen LogP contribution is 2.46. The van der Waals surface area contributed by atoms with Crippen LogP contribution in [0.3, 0.4) is 0 Å². The van der Waals surface area contributed by atoms with Gasteiger partial charge in [0, 0.05) is 49.7 Å². The lowest BCUT2D eigenvalue weighted by molar-refractivity contribution is 1.18. The molecule has 0 amide bonds. The number of nitrogens with zero attached hydrogens (tertiary/aromatic N) is 3. The third-order valence-electron chi connectivity index (χ3n) is 14.4. The van der Waals surface area contributed by atoms with E-state index in [1.54, 1.807) is 0 Å². The van der Waals surface area contributed by atoms with Crippen LogP contribution in [0.25, 0.3) is 110 Å². The first-order valence-electron chi connectivity index (χ1n) is 24.4. The van der Waals surface area contributed by atoms with Crippen molar-refractivity contribution in [3.63, 3.8) is 0 Å². The third kappa shape index (κ3) is 6.74. The molecule has 0 radical (unpaired) electrons. The van der Waals surface area contributed by atoms with Gasteiger partial charge in [0.2, 0.25) is 0 Å². The van der Waals surface area contributed by atoms with Crippen molar-refractivity contribution in [1.82, 2.24) is 9.13 Å². The van der Waals surface area contributed by atoms with E-state index < -0.39 is 0 Å². The van der Waals surface area contributed by atoms with Gasteiger partial charge in [-0.3, -0.25) is 0 Å². The highest BCUT2D eigenvalue weighted by atomic mass is 15.1. The number of hydrogen-bond acceptors (Lipinski definition) is 1. The molecule has 2 heterocycles. The summed E-state index contributed by atoms with van der Waals surface area (Å²) in [5, 5.41) is 9.82. The van der Waals surface area contributed by atoms with Crippen LogP contribution in [0, 0.1) is 0 Å². The summed E-state index contributed by atoms with van der Waals surface area (Å²) in [6, 6.07) is 99.9. The Balaban J connectivity index is 1.03. The minimum atomic E-state index is 1.10. The van der Waals surface area contributed by atoms with Gasteiger partial charge in [-0.2, -0.15) is 0 Å². The highest BCUT2D eigenvalue weighted by molar-refractivity contribution is 6.23. The number of rotatable bonds is 8. The second kappa shape index (κ2) is 16.7. The van der Waals surface area contributed by atoms with E-state index in [0.29, 0.717) is 0 Å². The summed E-state index contributed by atoms with van der Waals surface area (Å²) in [5.41, 5.74) is 17.4. The first kappa shape index (κ1) is 40.6. The molecule has 71 heavy (non-hydrogen) atoms. The molecule has 14 rings (SSSR count). The lowest BCUT2D eigenvalue weighted by Gasteiger charge is -2.25. The van der Waals surface area contributed by atoms with E-state index in [0.717, 1.165) is 45.0 Å². The maximum atomic E-state index is 2.47. The van der Waals surface area contributed by atoms with E-state index in [4.69, 9.17) is 0 Å². The summed E-state index contributed by atoms with van der Waals surface area (Å²) in [5.74, 6) is 0. The molecule has 0 saturated carbocycles. The molecule has 0 N–H and O–H groups in total. The fraction of sp³-hybridized carbons (Fsp3) is 0. The van der Waals surface area contributed by atoms with E-state index in [-0.39, 0.29) is 0 Å². The molecule has 0 aliphatic carbocycles. The lowest BCUT2D eigenvalue weighted by atomic mass is 9.88. The van der Waals surface area contributed by atoms with Gasteiger partial charge in [0.25, 0.3) is 0 Å². The monoisotopic (exact) mass is 903 g/mol. The zero-order valence-electron chi connectivity index (χ0n) is 38.8. The van der Waals surface area contributed by atoms with Crippen molar-refractivity contribution < 1.29 is 0 Å². The van der Waals surface area contributed by atoms with Crippen molar-refractivity contribution in [3.8, 4) is 44.8 Å². The van der Waals surface area contributed by atoms with Gasteiger partial charge in [0.1, 0.15) is 0 Å². The van der Waals surface area contributed by atoms with Crippen LogP contribution < -0.4 is 4.90 Å². The smallest absolute Gasteiger partial charge is 0.0553 e. The van der Waals surface area contributed by atoms with Gasteiger partial charge in [0.15, 0.2) is 0 Å². The summed E-state index contributed by atoms with van der Waals surface area (Å²) in [4.78, 5) is 2.32. The third-order valence-corrected chi connectivity index (χ3v) is 14.4. The predicted molar refractivity (Wildman–Crippen MR) is 301 cm³/mol. The second-order valence-electron chi connectivity index (χ2n) is 18.5. The van der Waals surface area contributed by atoms with Crippen LogP contribution in [0.15, 0.2) is 273 Å². The summed E-state index contributed by atoms with van der Waals surface area (Å²) in [6.07, 6.45) is 0. The fourth-order valence-electron chi connectivity index (χ4n) is 11.3. The van der Waals surface area contributed by atoms with Gasteiger partial charge in [0.05, 0.1) is 27.8 Å². The predicted octanol–water partition coefficient (Wildman–Crippen LogP) is 18.7. The van der Waals surface area contributed by atoms with Crippen molar-refractivity contribution in [1.29, 1.82) is 0 Å². The Bertz CT molecular complexity index is 4270. The standard InChI is InChI=1S/C68H45N3/c1-4-22-53(23-5-1)69(54-24-6-2-7-25-54)56-38-35-46(36-39-56)50-41-51(48-37-40-60-59-30-14-16-32-63(59)71(65(60)44-48)62-34-18-21-47-19-10-12-28-57(47)62)43-52(42-50)67-58-29-13-11-20-49(58)45-66-68(67)61-31-15-17-33-64(61)70(66)55-26-8-3-9-27-55/h1-45H. The van der Waals surface area contributed by atoms with Crippen molar-refractivity contribution in [3.05, 3.63) is 273 Å². The molecule has 3 heteroatoms. The van der Waals surface area contributed by atoms with Gasteiger partial charge in [-0.15, -0.1) is 0 Å². The molecule has 2 aromatic heterocycles. The van der Waals surface area contributed by atoms with Crippen LogP contribution in [0.2, 0.25) is 0 Å². The summed E-state index contributed by atoms with van der Waals surface area (Å²) in [7, 11) is 0. The summed E-state index contributed by atoms with van der Waals surface area (Å²) in [6.45, 7) is 0. The van der Waals surface area contributed by atoms with Gasteiger partial charge in [-0.05, 0) is 147 Å². The molecule has 0 atom stereocenters. The molecule has 0 bridgehead atoms. The number of fused-ring (bicyclic) bond motifs is 8. The molecule has 0 unspecified atom stereocenters. The Labute approximate surface area is 412 Å². The van der Waals surface area contributed by atoms with Crippen LogP contribution in [0.1, 0.15) is 0 Å². The largest absolute Gasteiger partial charge is 0.311 e. The number of para-hydroxylation sites is 5. The lowest BCUT2D eigenvalue weighted by Crippen LogP contribution is -2.09. The minimum absolute atomic E-state index is 1.10. The topological polar surface area (TPSA) is 13.1 Å². The van der Waals surface area contributed by atoms with Crippen molar-refractivity contribution >= 4 is 82.2 Å². The van der Waals surface area contributed by atoms with Crippen molar-refractivity contribution in [2.75, 3.05) is 4.90 Å². The first-order chi connectivity index (χ1) is 35.2. The van der Waals surface area contributed by atoms with Gasteiger partial charge < -0.3 is 14.0 Å². The first-order valence-corrected chi connectivity index (χ1v) is 24.4. The van der Waals surface area contributed by atoms with Gasteiger partial charge in [-0.25, -0.2) is 0 Å². The molecule has 0 aliphatic rings. The Morgan fingerprint density at radius 2 is 0.761 bits per heavy atom. The molecule has 332 valence electrons. The van der Waals surface area contributed by atoms with Crippen LogP contribution in [-0.4, -0.2) is 9.13 Å². The van der Waals surface area contributed by atoms with E-state index >= 15 is 0 Å². The van der Waals surface area contributed by atoms with E-state index in [2.05, 4.69) is 287 Å². The SMILES string of the molecule is c1ccc(N(c2ccccc2)c2ccc(-c3cc(-c4ccc5c6ccccc6n(-c6cccc7ccccc67)c5c4)cc(-c4c5ccccc5cc5c4c4ccccc4n5-c4ccccc4)c3)cc2)cc1. The van der Waals surface area contributed by atoms with E-state index in [1.807, 2.05) is 0 Å². The van der Waals surface area contributed by atoms with Crippen molar-refractivity contribution in [2.45, 2.75) is 0 Å². The van der Waals surface area contributed by atoms with Crippen molar-refractivity contribution in [2.24, 2.45) is 0 Å². The average molecular weight is 904 g/mol. The maximum absolute atomic E-state index is 2.47. The Morgan fingerprint density at radius 1 is 0.254 bits per heavy atom. The Morgan fingerprint density at radius 3 is 1.48 bits per heavy atom.